The van der Waals surface area contributed by atoms with Crippen LogP contribution in [0.15, 0.2) is 54.9 Å². The Balaban J connectivity index is 2.15. The molecule has 0 saturated carbocycles. The zero-order valence-electron chi connectivity index (χ0n) is 8.80. The van der Waals surface area contributed by atoms with Gasteiger partial charge in [-0.15, -0.1) is 0 Å². The van der Waals surface area contributed by atoms with Crippen molar-refractivity contribution >= 4 is 0 Å². The van der Waals surface area contributed by atoms with E-state index in [9.17, 15) is 0 Å². The molecule has 16 heavy (non-hydrogen) atoms. The second-order valence-corrected chi connectivity index (χ2v) is 3.39. The number of nitrogens with zero attached hydrogens (tertiary/aromatic N) is 1. The minimum atomic E-state index is -0.261. The topological polar surface area (TPSA) is 38.9 Å². The molecule has 2 nitrogen and oxygen atoms in total. The van der Waals surface area contributed by atoms with Crippen molar-refractivity contribution in [2.75, 3.05) is 0 Å². The minimum Gasteiger partial charge on any atom is -0.314 e. The Morgan fingerprint density at radius 1 is 1.00 bits per heavy atom. The first-order valence-corrected chi connectivity index (χ1v) is 5.08. The van der Waals surface area contributed by atoms with E-state index in [-0.39, 0.29) is 6.04 Å². The number of nitrogens with two attached hydrogens (primary N) is 1. The molecule has 0 spiro atoms. The molecule has 1 aromatic heterocycles. The first-order chi connectivity index (χ1) is 7.86. The largest absolute Gasteiger partial charge is 0.314 e. The van der Waals surface area contributed by atoms with Gasteiger partial charge in [0, 0.05) is 18.0 Å². The minimum absolute atomic E-state index is 0.261. The molecule has 1 heterocycles. The summed E-state index contributed by atoms with van der Waals surface area (Å²) in [5.74, 6) is 6.06. The molecule has 0 saturated heterocycles. The summed E-state index contributed by atoms with van der Waals surface area (Å²) in [5, 5.41) is 0. The van der Waals surface area contributed by atoms with Gasteiger partial charge in [0.1, 0.15) is 0 Å². The Hall–Kier alpha value is -2.11. The highest BCUT2D eigenvalue weighted by molar-refractivity contribution is 5.36. The fourth-order valence-corrected chi connectivity index (χ4v) is 1.34. The third-order valence-electron chi connectivity index (χ3n) is 2.21. The van der Waals surface area contributed by atoms with Crippen LogP contribution in [0.5, 0.6) is 0 Å². The number of pyridine rings is 1. The first-order valence-electron chi connectivity index (χ1n) is 5.08. The molecule has 0 aliphatic heterocycles. The van der Waals surface area contributed by atoms with E-state index in [1.165, 1.54) is 0 Å². The second kappa shape index (κ2) is 5.11. The first kappa shape index (κ1) is 10.4. The quantitative estimate of drug-likeness (QED) is 0.729. The van der Waals surface area contributed by atoms with Crippen LogP contribution in [0.25, 0.3) is 0 Å². The average molecular weight is 208 g/mol. The maximum atomic E-state index is 5.94. The van der Waals surface area contributed by atoms with Crippen molar-refractivity contribution < 1.29 is 0 Å². The van der Waals surface area contributed by atoms with Crippen LogP contribution >= 0.6 is 0 Å². The summed E-state index contributed by atoms with van der Waals surface area (Å²) in [4.78, 5) is 3.94. The number of rotatable bonds is 1. The molecule has 2 aromatic rings. The SMILES string of the molecule is NC(C#Cc1ccccc1)c1ccncc1. The summed E-state index contributed by atoms with van der Waals surface area (Å²) in [6.07, 6.45) is 3.44. The number of benzene rings is 1. The normalized spacial score (nSPS) is 11.3. The van der Waals surface area contributed by atoms with Crippen molar-refractivity contribution in [3.63, 3.8) is 0 Å². The smallest absolute Gasteiger partial charge is 0.0925 e. The van der Waals surface area contributed by atoms with Crippen molar-refractivity contribution in [3.8, 4) is 11.8 Å². The van der Waals surface area contributed by atoms with Crippen LogP contribution in [0.4, 0.5) is 0 Å². The van der Waals surface area contributed by atoms with E-state index in [1.807, 2.05) is 42.5 Å². The fraction of sp³-hybridized carbons (Fsp3) is 0.0714. The predicted molar refractivity (Wildman–Crippen MR) is 64.5 cm³/mol. The van der Waals surface area contributed by atoms with Crippen molar-refractivity contribution in [2.45, 2.75) is 6.04 Å². The highest BCUT2D eigenvalue weighted by Gasteiger charge is 1.99. The van der Waals surface area contributed by atoms with Gasteiger partial charge >= 0.3 is 0 Å². The van der Waals surface area contributed by atoms with Crippen molar-refractivity contribution in [1.82, 2.24) is 4.98 Å². The Labute approximate surface area is 95.1 Å². The fourth-order valence-electron chi connectivity index (χ4n) is 1.34. The highest BCUT2D eigenvalue weighted by atomic mass is 14.6. The van der Waals surface area contributed by atoms with Gasteiger partial charge in [-0.25, -0.2) is 0 Å². The Morgan fingerprint density at radius 3 is 2.38 bits per heavy atom. The van der Waals surface area contributed by atoms with Gasteiger partial charge in [0.05, 0.1) is 6.04 Å². The van der Waals surface area contributed by atoms with Crippen molar-refractivity contribution in [3.05, 3.63) is 66.0 Å². The summed E-state index contributed by atoms with van der Waals surface area (Å²) >= 11 is 0. The molecule has 2 N–H and O–H groups in total. The Bertz CT molecular complexity index is 495. The lowest BCUT2D eigenvalue weighted by Gasteiger charge is -2.02. The van der Waals surface area contributed by atoms with E-state index in [4.69, 9.17) is 5.73 Å². The number of hydrogen-bond acceptors (Lipinski definition) is 2. The maximum Gasteiger partial charge on any atom is 0.0925 e. The zero-order chi connectivity index (χ0) is 11.2. The van der Waals surface area contributed by atoms with Crippen molar-refractivity contribution in [2.24, 2.45) is 5.73 Å². The van der Waals surface area contributed by atoms with E-state index in [0.717, 1.165) is 11.1 Å². The van der Waals surface area contributed by atoms with E-state index in [1.54, 1.807) is 12.4 Å². The molecular weight excluding hydrogens is 196 g/mol. The van der Waals surface area contributed by atoms with Crippen LogP contribution in [-0.4, -0.2) is 4.98 Å². The molecule has 78 valence electrons. The summed E-state index contributed by atoms with van der Waals surface area (Å²) in [6, 6.07) is 13.3. The molecule has 0 amide bonds. The van der Waals surface area contributed by atoms with Gasteiger partial charge in [0.25, 0.3) is 0 Å². The molecule has 1 unspecified atom stereocenters. The summed E-state index contributed by atoms with van der Waals surface area (Å²) in [7, 11) is 0. The lowest BCUT2D eigenvalue weighted by molar-refractivity contribution is 0.939. The van der Waals surface area contributed by atoms with E-state index in [2.05, 4.69) is 16.8 Å². The third-order valence-corrected chi connectivity index (χ3v) is 2.21. The second-order valence-electron chi connectivity index (χ2n) is 3.39. The lowest BCUT2D eigenvalue weighted by atomic mass is 10.1. The van der Waals surface area contributed by atoms with Gasteiger partial charge in [-0.1, -0.05) is 30.0 Å². The predicted octanol–water partition coefficient (Wildman–Crippen LogP) is 2.13. The maximum absolute atomic E-state index is 5.94. The van der Waals surface area contributed by atoms with Gasteiger partial charge < -0.3 is 5.73 Å². The van der Waals surface area contributed by atoms with Crippen LogP contribution in [0, 0.1) is 11.8 Å². The Kier molecular flexibility index (Phi) is 3.32. The lowest BCUT2D eigenvalue weighted by Crippen LogP contribution is -2.07. The molecule has 0 aliphatic rings. The van der Waals surface area contributed by atoms with E-state index in [0.29, 0.717) is 0 Å². The van der Waals surface area contributed by atoms with Gasteiger partial charge in [0.2, 0.25) is 0 Å². The molecule has 0 aliphatic carbocycles. The Morgan fingerprint density at radius 2 is 1.69 bits per heavy atom. The molecule has 0 radical (unpaired) electrons. The molecule has 2 heteroatoms. The van der Waals surface area contributed by atoms with Crippen LogP contribution in [0.2, 0.25) is 0 Å². The third kappa shape index (κ3) is 2.69. The molecular formula is C14H12N2. The molecule has 0 bridgehead atoms. The molecule has 0 fully saturated rings. The summed E-state index contributed by atoms with van der Waals surface area (Å²) in [5.41, 5.74) is 7.90. The summed E-state index contributed by atoms with van der Waals surface area (Å²) < 4.78 is 0. The highest BCUT2D eigenvalue weighted by Crippen LogP contribution is 2.07. The monoisotopic (exact) mass is 208 g/mol. The van der Waals surface area contributed by atoms with Gasteiger partial charge in [0.15, 0.2) is 0 Å². The van der Waals surface area contributed by atoms with Crippen LogP contribution < -0.4 is 5.73 Å². The van der Waals surface area contributed by atoms with E-state index < -0.39 is 0 Å². The van der Waals surface area contributed by atoms with Gasteiger partial charge in [-0.05, 0) is 29.8 Å². The van der Waals surface area contributed by atoms with Crippen LogP contribution in [0.3, 0.4) is 0 Å². The van der Waals surface area contributed by atoms with Gasteiger partial charge in [-0.3, -0.25) is 4.98 Å². The van der Waals surface area contributed by atoms with Crippen LogP contribution in [0.1, 0.15) is 17.2 Å². The van der Waals surface area contributed by atoms with Gasteiger partial charge in [-0.2, -0.15) is 0 Å². The summed E-state index contributed by atoms with van der Waals surface area (Å²) in [6.45, 7) is 0. The zero-order valence-corrected chi connectivity index (χ0v) is 8.80. The molecule has 2 rings (SSSR count). The van der Waals surface area contributed by atoms with Crippen molar-refractivity contribution in [1.29, 1.82) is 0 Å². The average Bonchev–Trinajstić information content (AvgIpc) is 2.38. The standard InChI is InChI=1S/C14H12N2/c15-14(13-8-10-16-11-9-13)7-6-12-4-2-1-3-5-12/h1-5,8-11,14H,15H2. The van der Waals surface area contributed by atoms with E-state index >= 15 is 0 Å². The van der Waals surface area contributed by atoms with Crippen LogP contribution in [-0.2, 0) is 0 Å². The molecule has 1 aromatic carbocycles. The number of aromatic nitrogens is 1. The molecule has 1 atom stereocenters. The number of hydrogen-bond donors (Lipinski definition) is 1.